The van der Waals surface area contributed by atoms with E-state index in [4.69, 9.17) is 0 Å². The molecule has 0 bridgehead atoms. The molecule has 34 heavy (non-hydrogen) atoms. The van der Waals surface area contributed by atoms with Crippen LogP contribution in [0.3, 0.4) is 0 Å². The van der Waals surface area contributed by atoms with Gasteiger partial charge in [-0.3, -0.25) is 38.7 Å². The van der Waals surface area contributed by atoms with Gasteiger partial charge < -0.3 is 10.6 Å². The first-order chi connectivity index (χ1) is 16.1. The second-order valence-corrected chi connectivity index (χ2v) is 10.3. The molecule has 188 valence electrons. The Balaban J connectivity index is 1.40. The molecule has 2 aromatic heterocycles. The third-order valence-corrected chi connectivity index (χ3v) is 5.94. The predicted molar refractivity (Wildman–Crippen MR) is 130 cm³/mol. The van der Waals surface area contributed by atoms with Crippen LogP contribution in [-0.4, -0.2) is 43.5 Å². The van der Waals surface area contributed by atoms with Crippen molar-refractivity contribution in [3.8, 4) is 0 Å². The molecule has 2 amide bonds. The van der Waals surface area contributed by atoms with E-state index in [9.17, 15) is 19.2 Å². The van der Waals surface area contributed by atoms with Crippen LogP contribution in [0.25, 0.3) is 0 Å². The van der Waals surface area contributed by atoms with Crippen LogP contribution in [0.5, 0.6) is 0 Å². The molecule has 0 atom stereocenters. The molecule has 4 N–H and O–H groups in total. The summed E-state index contributed by atoms with van der Waals surface area (Å²) in [7, 11) is 0. The van der Waals surface area contributed by atoms with Crippen molar-refractivity contribution in [2.75, 3.05) is 0 Å². The number of carbonyl (C=O) groups is 2. The highest BCUT2D eigenvalue weighted by molar-refractivity contribution is 5.79. The molecule has 1 aliphatic rings. The molecular weight excluding hydrogens is 436 g/mol. The largest absolute Gasteiger partial charge is 0.353 e. The van der Waals surface area contributed by atoms with Gasteiger partial charge in [0.2, 0.25) is 11.8 Å². The fourth-order valence-electron chi connectivity index (χ4n) is 4.44. The Kier molecular flexibility index (Phi) is 8.57. The first-order valence-electron chi connectivity index (χ1n) is 12.2. The van der Waals surface area contributed by atoms with E-state index in [0.29, 0.717) is 36.3 Å². The summed E-state index contributed by atoms with van der Waals surface area (Å²) in [5.41, 5.74) is 0.996. The summed E-state index contributed by atoms with van der Waals surface area (Å²) in [4.78, 5) is 48.9. The van der Waals surface area contributed by atoms with E-state index in [2.05, 4.69) is 20.8 Å². The number of hydrogen-bond donors (Lipinski definition) is 4. The zero-order valence-corrected chi connectivity index (χ0v) is 20.6. The van der Waals surface area contributed by atoms with Crippen molar-refractivity contribution in [2.24, 2.45) is 11.8 Å². The number of nitrogens with one attached hydrogen (secondary N) is 4. The van der Waals surface area contributed by atoms with Crippen LogP contribution < -0.4 is 21.8 Å². The van der Waals surface area contributed by atoms with Gasteiger partial charge in [0.15, 0.2) is 0 Å². The van der Waals surface area contributed by atoms with Crippen LogP contribution in [0.1, 0.15) is 64.8 Å². The van der Waals surface area contributed by atoms with Crippen LogP contribution in [0.15, 0.2) is 21.7 Å². The van der Waals surface area contributed by atoms with Crippen molar-refractivity contribution < 1.29 is 9.59 Å². The fourth-order valence-corrected chi connectivity index (χ4v) is 4.44. The van der Waals surface area contributed by atoms with Gasteiger partial charge in [-0.2, -0.15) is 0 Å². The van der Waals surface area contributed by atoms with Crippen molar-refractivity contribution in [3.05, 3.63) is 44.2 Å². The summed E-state index contributed by atoms with van der Waals surface area (Å²) in [5.74, 6) is 0.449. The second-order valence-electron chi connectivity index (χ2n) is 10.3. The number of amides is 2. The highest BCUT2D eigenvalue weighted by Crippen LogP contribution is 2.19. The summed E-state index contributed by atoms with van der Waals surface area (Å²) < 4.78 is 3.08. The van der Waals surface area contributed by atoms with Gasteiger partial charge in [-0.25, -0.2) is 0 Å². The van der Waals surface area contributed by atoms with E-state index >= 15 is 0 Å². The highest BCUT2D eigenvalue weighted by Gasteiger charge is 2.24. The average Bonchev–Trinajstić information content (AvgIpc) is 3.23. The maximum absolute atomic E-state index is 12.4. The van der Waals surface area contributed by atoms with E-state index < -0.39 is 0 Å². The van der Waals surface area contributed by atoms with E-state index in [1.807, 2.05) is 27.7 Å². The van der Waals surface area contributed by atoms with Crippen LogP contribution in [-0.2, 0) is 35.5 Å². The number of H-pyrrole nitrogens is 2. The smallest absolute Gasteiger partial charge is 0.266 e. The molecule has 0 spiro atoms. The summed E-state index contributed by atoms with van der Waals surface area (Å²) in [5, 5.41) is 12.1. The number of aromatic nitrogens is 4. The Morgan fingerprint density at radius 1 is 0.794 bits per heavy atom. The van der Waals surface area contributed by atoms with Crippen LogP contribution in [0, 0.1) is 11.8 Å². The molecule has 2 aromatic rings. The Hall–Kier alpha value is -3.04. The van der Waals surface area contributed by atoms with Gasteiger partial charge in [-0.15, -0.1) is 0 Å². The van der Waals surface area contributed by atoms with Crippen molar-refractivity contribution in [1.29, 1.82) is 0 Å². The average molecular weight is 475 g/mol. The Labute approximate surface area is 199 Å². The number of aromatic amines is 2. The highest BCUT2D eigenvalue weighted by atomic mass is 16.2. The Bertz CT molecular complexity index is 995. The van der Waals surface area contributed by atoms with Crippen LogP contribution in [0.2, 0.25) is 0 Å². The Morgan fingerprint density at radius 3 is 1.47 bits per heavy atom. The minimum Gasteiger partial charge on any atom is -0.353 e. The maximum Gasteiger partial charge on any atom is 0.266 e. The van der Waals surface area contributed by atoms with E-state index in [0.717, 1.165) is 25.7 Å². The maximum atomic E-state index is 12.4. The lowest BCUT2D eigenvalue weighted by atomic mass is 9.91. The second kappa shape index (κ2) is 11.4. The molecular formula is C24H38N6O4. The van der Waals surface area contributed by atoms with Gasteiger partial charge in [0.25, 0.3) is 11.1 Å². The SMILES string of the molecule is CC(C)Cn1[nH]c(CC(=O)NC2CCC(NC(=O)Cc3cc(=O)n(CC(C)C)[nH]3)CC2)cc1=O. The lowest BCUT2D eigenvalue weighted by molar-refractivity contribution is -0.123. The van der Waals surface area contributed by atoms with E-state index in [-0.39, 0.29) is 47.9 Å². The van der Waals surface area contributed by atoms with Gasteiger partial charge >= 0.3 is 0 Å². The third kappa shape index (κ3) is 7.50. The fraction of sp³-hybridized carbons (Fsp3) is 0.667. The minimum atomic E-state index is -0.117. The number of rotatable bonds is 10. The van der Waals surface area contributed by atoms with Gasteiger partial charge in [0, 0.05) is 48.7 Å². The van der Waals surface area contributed by atoms with Gasteiger partial charge in [0.05, 0.1) is 12.8 Å². The molecule has 0 radical (unpaired) electrons. The first-order valence-corrected chi connectivity index (χ1v) is 12.2. The van der Waals surface area contributed by atoms with E-state index in [1.54, 1.807) is 0 Å². The third-order valence-electron chi connectivity index (χ3n) is 5.94. The minimum absolute atomic E-state index is 0.0616. The monoisotopic (exact) mass is 474 g/mol. The van der Waals surface area contributed by atoms with Crippen molar-refractivity contribution in [1.82, 2.24) is 30.2 Å². The molecule has 0 saturated heterocycles. The van der Waals surface area contributed by atoms with Crippen molar-refractivity contribution in [2.45, 2.75) is 91.4 Å². The lowest BCUT2D eigenvalue weighted by Crippen LogP contribution is -2.44. The van der Waals surface area contributed by atoms with Gasteiger partial charge in [-0.05, 0) is 37.5 Å². The molecule has 0 unspecified atom stereocenters. The lowest BCUT2D eigenvalue weighted by Gasteiger charge is -2.29. The molecule has 10 nitrogen and oxygen atoms in total. The zero-order chi connectivity index (χ0) is 24.8. The van der Waals surface area contributed by atoms with Crippen molar-refractivity contribution >= 4 is 11.8 Å². The number of carbonyl (C=O) groups excluding carboxylic acids is 2. The molecule has 3 rings (SSSR count). The molecule has 10 heteroatoms. The first kappa shape index (κ1) is 25.6. The standard InChI is InChI=1S/C24H38N6O4/c1-15(2)13-29-23(33)11-19(27-29)9-21(31)25-17-5-7-18(8-6-17)26-22(32)10-20-12-24(34)30(28-20)14-16(3)4/h11-12,15-18,27-28H,5-10,13-14H2,1-4H3,(H,25,31)(H,26,32). The summed E-state index contributed by atoms with van der Waals surface area (Å²) in [6, 6.07) is 3.09. The zero-order valence-electron chi connectivity index (χ0n) is 20.6. The number of nitrogens with zero attached hydrogens (tertiary/aromatic N) is 2. The summed E-state index contributed by atoms with van der Waals surface area (Å²) in [6.45, 7) is 9.31. The molecule has 0 aliphatic heterocycles. The Morgan fingerprint density at radius 2 is 1.15 bits per heavy atom. The normalized spacial score (nSPS) is 18.4. The predicted octanol–water partition coefficient (Wildman–Crippen LogP) is 1.31. The summed E-state index contributed by atoms with van der Waals surface area (Å²) in [6.07, 6.45) is 3.41. The van der Waals surface area contributed by atoms with Crippen LogP contribution in [0.4, 0.5) is 0 Å². The topological polar surface area (TPSA) is 134 Å². The quantitative estimate of drug-likeness (QED) is 0.413. The van der Waals surface area contributed by atoms with Gasteiger partial charge in [0.1, 0.15) is 0 Å². The van der Waals surface area contributed by atoms with E-state index in [1.165, 1.54) is 21.5 Å². The molecule has 1 aliphatic carbocycles. The number of hydrogen-bond acceptors (Lipinski definition) is 4. The van der Waals surface area contributed by atoms with Crippen LogP contribution >= 0.6 is 0 Å². The molecule has 0 aromatic carbocycles. The molecule has 1 saturated carbocycles. The molecule has 2 heterocycles. The van der Waals surface area contributed by atoms with Gasteiger partial charge in [-0.1, -0.05) is 27.7 Å². The van der Waals surface area contributed by atoms with Crippen molar-refractivity contribution in [3.63, 3.8) is 0 Å². The molecule has 1 fully saturated rings. The summed E-state index contributed by atoms with van der Waals surface area (Å²) >= 11 is 0.